The number of para-hydroxylation sites is 3. The molecule has 0 radical (unpaired) electrons. The highest BCUT2D eigenvalue weighted by Gasteiger charge is 2.22. The van der Waals surface area contributed by atoms with Gasteiger partial charge in [-0.2, -0.15) is 0 Å². The average Bonchev–Trinajstić information content (AvgIpc) is 3.47. The number of benzene rings is 2. The van der Waals surface area contributed by atoms with Gasteiger partial charge in [0.05, 0.1) is 12.2 Å². The van der Waals surface area contributed by atoms with Gasteiger partial charge in [-0.1, -0.05) is 30.3 Å². The number of anilines is 1. The molecule has 4 rings (SSSR count). The average molecular weight is 403 g/mol. The van der Waals surface area contributed by atoms with Crippen molar-refractivity contribution in [1.29, 1.82) is 0 Å². The van der Waals surface area contributed by atoms with E-state index in [-0.39, 0.29) is 18.2 Å². The van der Waals surface area contributed by atoms with E-state index in [2.05, 4.69) is 4.98 Å². The number of likely N-dealkylation sites (tertiary alicyclic amines) is 1. The van der Waals surface area contributed by atoms with Gasteiger partial charge in [0.15, 0.2) is 11.5 Å². The van der Waals surface area contributed by atoms with Gasteiger partial charge < -0.3 is 19.5 Å². The summed E-state index contributed by atoms with van der Waals surface area (Å²) in [5.41, 5.74) is 1.79. The third kappa shape index (κ3) is 4.38. The van der Waals surface area contributed by atoms with Crippen LogP contribution in [-0.4, -0.2) is 48.3 Å². The zero-order valence-electron chi connectivity index (χ0n) is 17.0. The standard InChI is InChI=1S/C24H25N3O3/c1-26(21-11-5-6-12-23(21)30-19-9-3-2-4-10-19)17-22(28)18-15-20(25-16-18)24(29)27-13-7-8-14-27/h2-6,9-12,15-16,25H,7-8,13-14,17H2,1H3. The molecule has 0 atom stereocenters. The summed E-state index contributed by atoms with van der Waals surface area (Å²) >= 11 is 0. The SMILES string of the molecule is CN(CC(=O)c1c[nH]c(C(=O)N2CCCC2)c1)c1ccccc1Oc1ccccc1. The zero-order chi connectivity index (χ0) is 20.9. The Morgan fingerprint density at radius 2 is 1.73 bits per heavy atom. The zero-order valence-corrected chi connectivity index (χ0v) is 17.0. The van der Waals surface area contributed by atoms with Crippen molar-refractivity contribution in [2.75, 3.05) is 31.6 Å². The van der Waals surface area contributed by atoms with Crippen LogP contribution in [-0.2, 0) is 0 Å². The van der Waals surface area contributed by atoms with Gasteiger partial charge >= 0.3 is 0 Å². The van der Waals surface area contributed by atoms with Gasteiger partial charge in [-0.25, -0.2) is 0 Å². The third-order valence-electron chi connectivity index (χ3n) is 5.26. The van der Waals surface area contributed by atoms with Crippen molar-refractivity contribution in [3.05, 3.63) is 78.1 Å². The molecule has 1 aliphatic heterocycles. The summed E-state index contributed by atoms with van der Waals surface area (Å²) in [5.74, 6) is 1.31. The number of aromatic amines is 1. The van der Waals surface area contributed by atoms with Crippen molar-refractivity contribution < 1.29 is 14.3 Å². The van der Waals surface area contributed by atoms with Crippen molar-refractivity contribution in [1.82, 2.24) is 9.88 Å². The summed E-state index contributed by atoms with van der Waals surface area (Å²) in [5, 5.41) is 0. The number of Topliss-reactive ketones (excluding diaryl/α,β-unsaturated/α-hetero) is 1. The number of aromatic nitrogens is 1. The number of hydrogen-bond donors (Lipinski definition) is 1. The number of carbonyl (C=O) groups is 2. The first-order valence-corrected chi connectivity index (χ1v) is 10.2. The Morgan fingerprint density at radius 3 is 2.50 bits per heavy atom. The minimum atomic E-state index is -0.0660. The van der Waals surface area contributed by atoms with Gasteiger partial charge in [0.1, 0.15) is 11.4 Å². The van der Waals surface area contributed by atoms with Gasteiger partial charge in [-0.05, 0) is 43.2 Å². The molecule has 1 aliphatic rings. The van der Waals surface area contributed by atoms with Crippen molar-refractivity contribution in [2.24, 2.45) is 0 Å². The largest absolute Gasteiger partial charge is 0.455 e. The Kier molecular flexibility index (Phi) is 5.84. The number of H-pyrrole nitrogens is 1. The van der Waals surface area contributed by atoms with Crippen LogP contribution >= 0.6 is 0 Å². The Balaban J connectivity index is 1.45. The van der Waals surface area contributed by atoms with Gasteiger partial charge in [0, 0.05) is 31.9 Å². The molecule has 0 unspecified atom stereocenters. The molecule has 1 saturated heterocycles. The second-order valence-electron chi connectivity index (χ2n) is 7.46. The Bertz CT molecular complexity index is 1020. The fourth-order valence-electron chi connectivity index (χ4n) is 3.64. The first-order chi connectivity index (χ1) is 14.6. The first kappa shape index (κ1) is 19.8. The summed E-state index contributed by atoms with van der Waals surface area (Å²) in [6.45, 7) is 1.73. The highest BCUT2D eigenvalue weighted by atomic mass is 16.5. The van der Waals surface area contributed by atoms with E-state index >= 15 is 0 Å². The molecule has 6 nitrogen and oxygen atoms in total. The Morgan fingerprint density at radius 1 is 1.03 bits per heavy atom. The maximum absolute atomic E-state index is 12.8. The molecule has 154 valence electrons. The number of hydrogen-bond acceptors (Lipinski definition) is 4. The molecule has 3 aromatic rings. The third-order valence-corrected chi connectivity index (χ3v) is 5.26. The molecule has 1 fully saturated rings. The maximum atomic E-state index is 12.8. The Labute approximate surface area is 176 Å². The van der Waals surface area contributed by atoms with E-state index in [1.807, 2.05) is 71.4 Å². The monoisotopic (exact) mass is 403 g/mol. The molecule has 0 aliphatic carbocycles. The van der Waals surface area contributed by atoms with Crippen LogP contribution < -0.4 is 9.64 Å². The molecule has 2 aromatic carbocycles. The number of ketones is 1. The fourth-order valence-corrected chi connectivity index (χ4v) is 3.64. The van der Waals surface area contributed by atoms with Crippen LogP contribution in [0.4, 0.5) is 5.69 Å². The van der Waals surface area contributed by atoms with Crippen molar-refractivity contribution in [3.8, 4) is 11.5 Å². The summed E-state index contributed by atoms with van der Waals surface area (Å²) < 4.78 is 6.00. The van der Waals surface area contributed by atoms with Crippen LogP contribution in [0.1, 0.15) is 33.7 Å². The lowest BCUT2D eigenvalue weighted by atomic mass is 10.2. The van der Waals surface area contributed by atoms with Crippen LogP contribution in [0, 0.1) is 0 Å². The minimum Gasteiger partial charge on any atom is -0.455 e. The lowest BCUT2D eigenvalue weighted by Gasteiger charge is -2.21. The molecule has 2 heterocycles. The van der Waals surface area contributed by atoms with Crippen LogP contribution in [0.5, 0.6) is 11.5 Å². The van der Waals surface area contributed by atoms with Crippen LogP contribution in [0.3, 0.4) is 0 Å². The normalized spacial score (nSPS) is 13.3. The van der Waals surface area contributed by atoms with Gasteiger partial charge in [-0.3, -0.25) is 9.59 Å². The molecule has 1 N–H and O–H groups in total. The van der Waals surface area contributed by atoms with E-state index in [0.717, 1.165) is 37.4 Å². The van der Waals surface area contributed by atoms with Crippen molar-refractivity contribution in [3.63, 3.8) is 0 Å². The van der Waals surface area contributed by atoms with Gasteiger partial charge in [0.25, 0.3) is 5.91 Å². The van der Waals surface area contributed by atoms with E-state index in [1.165, 1.54) is 0 Å². The topological polar surface area (TPSA) is 65.6 Å². The van der Waals surface area contributed by atoms with Crippen LogP contribution in [0.2, 0.25) is 0 Å². The van der Waals surface area contributed by atoms with E-state index in [1.54, 1.807) is 12.3 Å². The number of nitrogens with one attached hydrogen (secondary N) is 1. The molecule has 0 spiro atoms. The van der Waals surface area contributed by atoms with Gasteiger partial charge in [-0.15, -0.1) is 0 Å². The molecular weight excluding hydrogens is 378 g/mol. The van der Waals surface area contributed by atoms with Crippen LogP contribution in [0.15, 0.2) is 66.9 Å². The number of rotatable bonds is 7. The minimum absolute atomic E-state index is 0.0403. The van der Waals surface area contributed by atoms with Crippen molar-refractivity contribution >= 4 is 17.4 Å². The lowest BCUT2D eigenvalue weighted by Crippen LogP contribution is -2.28. The molecule has 6 heteroatoms. The quantitative estimate of drug-likeness (QED) is 0.595. The van der Waals surface area contributed by atoms with Crippen molar-refractivity contribution in [2.45, 2.75) is 12.8 Å². The summed E-state index contributed by atoms with van der Waals surface area (Å²) in [7, 11) is 1.86. The fraction of sp³-hybridized carbons (Fsp3) is 0.250. The Hall–Kier alpha value is -3.54. The number of ether oxygens (including phenoxy) is 1. The van der Waals surface area contributed by atoms with E-state index in [4.69, 9.17) is 4.74 Å². The van der Waals surface area contributed by atoms with E-state index in [9.17, 15) is 9.59 Å². The second-order valence-corrected chi connectivity index (χ2v) is 7.46. The number of likely N-dealkylation sites (N-methyl/N-ethyl adjacent to an activating group) is 1. The molecule has 0 bridgehead atoms. The summed E-state index contributed by atoms with van der Waals surface area (Å²) in [6.07, 6.45) is 3.69. The number of nitrogens with zero attached hydrogens (tertiary/aromatic N) is 2. The molecule has 30 heavy (non-hydrogen) atoms. The predicted molar refractivity (Wildman–Crippen MR) is 116 cm³/mol. The number of amides is 1. The maximum Gasteiger partial charge on any atom is 0.270 e. The van der Waals surface area contributed by atoms with E-state index < -0.39 is 0 Å². The highest BCUT2D eigenvalue weighted by Crippen LogP contribution is 2.31. The number of carbonyl (C=O) groups excluding carboxylic acids is 2. The molecule has 1 aromatic heterocycles. The van der Waals surface area contributed by atoms with Gasteiger partial charge in [0.2, 0.25) is 0 Å². The highest BCUT2D eigenvalue weighted by molar-refractivity contribution is 6.02. The first-order valence-electron chi connectivity index (χ1n) is 10.2. The predicted octanol–water partition coefficient (Wildman–Crippen LogP) is 4.36. The second kappa shape index (κ2) is 8.86. The smallest absolute Gasteiger partial charge is 0.270 e. The lowest BCUT2D eigenvalue weighted by molar-refractivity contribution is 0.0787. The molecular formula is C24H25N3O3. The van der Waals surface area contributed by atoms with Crippen LogP contribution in [0.25, 0.3) is 0 Å². The van der Waals surface area contributed by atoms with E-state index in [0.29, 0.717) is 17.0 Å². The molecule has 1 amide bonds. The molecule has 0 saturated carbocycles. The summed E-state index contributed by atoms with van der Waals surface area (Å²) in [4.78, 5) is 32.0. The summed E-state index contributed by atoms with van der Waals surface area (Å²) in [6, 6.07) is 18.8.